The Hall–Kier alpha value is -13.7. The van der Waals surface area contributed by atoms with E-state index < -0.39 is 119 Å². The summed E-state index contributed by atoms with van der Waals surface area (Å²) in [5.74, 6) is 1.35. The van der Waals surface area contributed by atoms with Crippen LogP contribution in [0.4, 0.5) is 34.1 Å². The summed E-state index contributed by atoms with van der Waals surface area (Å²) >= 11 is 0. The summed E-state index contributed by atoms with van der Waals surface area (Å²) in [5, 5.41) is 21.1. The number of nitriles is 2. The number of hydrogen-bond donors (Lipinski definition) is 0. The Morgan fingerprint density at radius 1 is 0.369 bits per heavy atom. The summed E-state index contributed by atoms with van der Waals surface area (Å²) in [6.45, 7) is 16.7. The topological polar surface area (TPSA) is 73.1 Å². The lowest BCUT2D eigenvalue weighted by Gasteiger charge is -2.46. The van der Waals surface area contributed by atoms with E-state index >= 15 is 0 Å². The standard InChI is InChI=1S/C103H77BN6O/c1-101(2,3)72-56-78(66-27-13-9-14-28-66)99(79(57-72)67-29-15-10-16-30-67)109-92-60-74(107-88-38-24-21-35-76(88)82-51-64(62-105)41-49-90(82)107)44-47-86(92)104-87-48-45-75(108-89-39-25-22-36-77(89)83-52-65(63-106)42-50-91(83)108)61-93(87)110(100-80(68-31-17-11-18-32-68)58-73(102(4,5)6)59-81(100)69-33-19-12-20-34-69)95-54-71(53-94(109)98(95)104)70-43-46-85-97(55-70)111-96-40-26-23-37-84(96)103(85,7)8/h9-61H,1-8H3/i21D,22D,24D,25D,35D,36D,38D,39D,41D,42D,49D,50D,51D,52D. The predicted octanol–water partition coefficient (Wildman–Crippen LogP) is 25.1. The molecule has 20 rings (SSSR count). The third-order valence-corrected chi connectivity index (χ3v) is 22.6. The van der Waals surface area contributed by atoms with Crippen LogP contribution in [0, 0.1) is 22.7 Å². The van der Waals surface area contributed by atoms with Gasteiger partial charge in [0.2, 0.25) is 0 Å². The van der Waals surface area contributed by atoms with Crippen LogP contribution in [0.3, 0.4) is 0 Å². The molecule has 0 aliphatic carbocycles. The van der Waals surface area contributed by atoms with Crippen molar-refractivity contribution in [3.8, 4) is 90.6 Å². The zero-order chi connectivity index (χ0) is 87.5. The third-order valence-electron chi connectivity index (χ3n) is 22.6. The molecule has 0 saturated heterocycles. The first-order valence-electron chi connectivity index (χ1n) is 44.3. The van der Waals surface area contributed by atoms with Gasteiger partial charge in [-0.15, -0.1) is 0 Å². The summed E-state index contributed by atoms with van der Waals surface area (Å²) in [6, 6.07) is 77.2. The second-order valence-electron chi connectivity index (χ2n) is 31.5. The van der Waals surface area contributed by atoms with E-state index in [1.807, 2.05) is 140 Å². The first-order chi connectivity index (χ1) is 59.8. The number of anilines is 6. The maximum Gasteiger partial charge on any atom is 0.252 e. The van der Waals surface area contributed by atoms with E-state index in [9.17, 15) is 29.7 Å². The van der Waals surface area contributed by atoms with Crippen LogP contribution in [0.25, 0.3) is 111 Å². The Labute approximate surface area is 667 Å². The molecule has 3 aliphatic rings. The summed E-state index contributed by atoms with van der Waals surface area (Å²) in [5.41, 5.74) is 16.2. The van der Waals surface area contributed by atoms with E-state index in [0.29, 0.717) is 50.7 Å². The van der Waals surface area contributed by atoms with Gasteiger partial charge in [-0.05, 0) is 193 Å². The minimum absolute atomic E-state index is 0.0866. The highest BCUT2D eigenvalue weighted by molar-refractivity contribution is 7.00. The number of para-hydroxylation sites is 3. The largest absolute Gasteiger partial charge is 0.457 e. The van der Waals surface area contributed by atoms with Crippen molar-refractivity contribution in [1.82, 2.24) is 9.13 Å². The van der Waals surface area contributed by atoms with Gasteiger partial charge in [0.15, 0.2) is 0 Å². The van der Waals surface area contributed by atoms with Crippen molar-refractivity contribution < 1.29 is 23.9 Å². The zero-order valence-electron chi connectivity index (χ0n) is 76.2. The molecule has 5 heterocycles. The van der Waals surface area contributed by atoms with Crippen molar-refractivity contribution in [3.63, 3.8) is 0 Å². The van der Waals surface area contributed by atoms with Crippen LogP contribution in [0.2, 0.25) is 0 Å². The third kappa shape index (κ3) is 10.6. The molecule has 8 heteroatoms. The predicted molar refractivity (Wildman–Crippen MR) is 462 cm³/mol. The van der Waals surface area contributed by atoms with Crippen molar-refractivity contribution in [1.29, 1.82) is 10.5 Å². The van der Waals surface area contributed by atoms with E-state index in [1.165, 1.54) is 0 Å². The van der Waals surface area contributed by atoms with E-state index in [0.717, 1.165) is 89.2 Å². The van der Waals surface area contributed by atoms with Gasteiger partial charge in [0.05, 0.1) is 75.9 Å². The fraction of sp³-hybridized carbons (Fsp3) is 0.107. The molecule has 0 fully saturated rings. The first kappa shape index (κ1) is 53.2. The van der Waals surface area contributed by atoms with Crippen LogP contribution in [0.5, 0.6) is 11.5 Å². The van der Waals surface area contributed by atoms with Gasteiger partial charge in [-0.1, -0.05) is 255 Å². The first-order valence-corrected chi connectivity index (χ1v) is 37.3. The van der Waals surface area contributed by atoms with Crippen LogP contribution in [-0.2, 0) is 16.2 Å². The Bertz CT molecular complexity index is 7200. The quantitative estimate of drug-likeness (QED) is 0.135. The fourth-order valence-electron chi connectivity index (χ4n) is 17.2. The number of benzene rings is 15. The number of aromatic nitrogens is 2. The second-order valence-corrected chi connectivity index (χ2v) is 31.5. The molecule has 0 saturated carbocycles. The highest BCUT2D eigenvalue weighted by Gasteiger charge is 2.47. The number of fused-ring (bicyclic) bond motifs is 12. The van der Waals surface area contributed by atoms with Crippen molar-refractivity contribution in [3.05, 3.63) is 355 Å². The molecule has 2 aromatic heterocycles. The van der Waals surface area contributed by atoms with Gasteiger partial charge in [0.1, 0.15) is 11.5 Å². The molecular formula is C103H77BN6O. The van der Waals surface area contributed by atoms with Crippen molar-refractivity contribution in [2.24, 2.45) is 0 Å². The van der Waals surface area contributed by atoms with Gasteiger partial charge >= 0.3 is 0 Å². The zero-order valence-corrected chi connectivity index (χ0v) is 62.2. The van der Waals surface area contributed by atoms with Crippen LogP contribution in [-0.4, -0.2) is 15.8 Å². The van der Waals surface area contributed by atoms with Crippen LogP contribution < -0.4 is 30.9 Å². The summed E-state index contributed by atoms with van der Waals surface area (Å²) in [6.07, 6.45) is 0. The van der Waals surface area contributed by atoms with E-state index in [2.05, 4.69) is 174 Å². The molecule has 0 atom stereocenters. The molecule has 0 spiro atoms. The molecule has 0 unspecified atom stereocenters. The van der Waals surface area contributed by atoms with Crippen molar-refractivity contribution in [2.45, 2.75) is 71.6 Å². The average Bonchev–Trinajstić information content (AvgIpc) is 0.895. The summed E-state index contributed by atoms with van der Waals surface area (Å²) < 4.78 is 145. The van der Waals surface area contributed by atoms with Crippen molar-refractivity contribution >= 4 is 101 Å². The Kier molecular flexibility index (Phi) is 12.1. The molecule has 3 aliphatic heterocycles. The lowest BCUT2D eigenvalue weighted by molar-refractivity contribution is 0.418. The molecule has 0 amide bonds. The van der Waals surface area contributed by atoms with Crippen LogP contribution in [0.15, 0.2) is 321 Å². The molecule has 15 aromatic carbocycles. The SMILES string of the molecule is [2H]c1c([2H])c([2H])c2c(c1[2H])c1c([2H])c(C#N)c([2H])c([2H])c1n2-c1ccc2c(c1)N(c1c(-c3ccccc3)cc(C(C)(C)C)cc1-c1ccccc1)c1cc(-c3ccc4c(c3)Oc3ccccc3C4(C)C)cc3c1B2c1ccc(-n2c4c([2H])c([2H])c([2H])c([2H])c4c4c([2H])c(C#N)c([2H])c([2H])c42)cc1N3c1c(-c2ccccc2)cc(C(C)(C)C)cc1-c1ccccc1. The molecule has 528 valence electrons. The highest BCUT2D eigenvalue weighted by Crippen LogP contribution is 2.57. The fourth-order valence-corrected chi connectivity index (χ4v) is 17.2. The van der Waals surface area contributed by atoms with Crippen molar-refractivity contribution in [2.75, 3.05) is 9.80 Å². The lowest BCUT2D eigenvalue weighted by Crippen LogP contribution is -2.61. The van der Waals surface area contributed by atoms with Gasteiger partial charge in [-0.3, -0.25) is 0 Å². The minimum atomic E-state index is -0.845. The molecule has 0 N–H and O–H groups in total. The van der Waals surface area contributed by atoms with Gasteiger partial charge in [0, 0.05) is 94.5 Å². The molecule has 0 radical (unpaired) electrons. The van der Waals surface area contributed by atoms with E-state index in [4.69, 9.17) is 4.74 Å². The van der Waals surface area contributed by atoms with Crippen LogP contribution in [0.1, 0.15) is 108 Å². The monoisotopic (exact) mass is 1440 g/mol. The van der Waals surface area contributed by atoms with Gasteiger partial charge in [0.25, 0.3) is 6.71 Å². The molecule has 0 bridgehead atoms. The Balaban J connectivity index is 1.03. The summed E-state index contributed by atoms with van der Waals surface area (Å²) in [4.78, 5) is 4.63. The normalized spacial score (nSPS) is 15.1. The number of nitrogens with zero attached hydrogens (tertiary/aromatic N) is 6. The Morgan fingerprint density at radius 2 is 0.766 bits per heavy atom. The number of ether oxygens (including phenoxy) is 1. The van der Waals surface area contributed by atoms with E-state index in [-0.39, 0.29) is 55.0 Å². The number of hydrogen-bond acceptors (Lipinski definition) is 5. The van der Waals surface area contributed by atoms with Gasteiger partial charge in [-0.25, -0.2) is 0 Å². The average molecular weight is 1440 g/mol. The lowest BCUT2D eigenvalue weighted by atomic mass is 9.33. The second kappa shape index (κ2) is 25.2. The van der Waals surface area contributed by atoms with Gasteiger partial charge < -0.3 is 23.7 Å². The molecule has 17 aromatic rings. The Morgan fingerprint density at radius 3 is 1.19 bits per heavy atom. The maximum absolute atomic E-state index is 10.7. The smallest absolute Gasteiger partial charge is 0.252 e. The highest BCUT2D eigenvalue weighted by atomic mass is 16.5. The molecular weight excluding hydrogens is 1350 g/mol. The van der Waals surface area contributed by atoms with Crippen LogP contribution >= 0.6 is 0 Å². The number of rotatable bonds is 9. The summed E-state index contributed by atoms with van der Waals surface area (Å²) in [7, 11) is 0. The maximum atomic E-state index is 10.7. The van der Waals surface area contributed by atoms with Gasteiger partial charge in [-0.2, -0.15) is 10.5 Å². The van der Waals surface area contributed by atoms with E-state index in [1.54, 1.807) is 9.13 Å². The minimum Gasteiger partial charge on any atom is -0.457 e. The molecule has 7 nitrogen and oxygen atoms in total. The molecule has 111 heavy (non-hydrogen) atoms.